The molecule has 0 aliphatic carbocycles. The van der Waals surface area contributed by atoms with Crippen LogP contribution in [0.1, 0.15) is 12.0 Å². The molecule has 0 spiro atoms. The molecule has 0 N–H and O–H groups in total. The first-order chi connectivity index (χ1) is 8.29. The van der Waals surface area contributed by atoms with E-state index >= 15 is 0 Å². The van der Waals surface area contributed by atoms with Crippen LogP contribution in [0.4, 0.5) is 0 Å². The van der Waals surface area contributed by atoms with E-state index in [2.05, 4.69) is 36.2 Å². The van der Waals surface area contributed by atoms with Gasteiger partial charge in [-0.05, 0) is 25.1 Å². The second-order valence-electron chi connectivity index (χ2n) is 4.37. The van der Waals surface area contributed by atoms with Crippen molar-refractivity contribution in [1.29, 1.82) is 0 Å². The Bertz CT molecular complexity index is 434. The van der Waals surface area contributed by atoms with Crippen molar-refractivity contribution >= 4 is 6.08 Å². The third-order valence-corrected chi connectivity index (χ3v) is 3.06. The number of para-hydroxylation sites is 1. The fraction of sp³-hybridized carbons (Fsp3) is 0.333. The zero-order valence-corrected chi connectivity index (χ0v) is 10.5. The predicted molar refractivity (Wildman–Crippen MR) is 72.2 cm³/mol. The van der Waals surface area contributed by atoms with Gasteiger partial charge >= 0.3 is 0 Å². The number of hydrogen-bond acceptors (Lipinski definition) is 2. The SMILES string of the molecule is COc1ccccc1C=CC1=CCN(C)CC1. The minimum atomic E-state index is 0.928. The monoisotopic (exact) mass is 229 g/mol. The third-order valence-electron chi connectivity index (χ3n) is 3.06. The standard InChI is InChI=1S/C15H19NO/c1-16-11-9-13(10-12-16)7-8-14-5-3-4-6-15(14)17-2/h3-9H,10-12H2,1-2H3. The molecule has 1 aliphatic heterocycles. The van der Waals surface area contributed by atoms with E-state index < -0.39 is 0 Å². The molecule has 1 aliphatic rings. The summed E-state index contributed by atoms with van der Waals surface area (Å²) in [5.41, 5.74) is 2.55. The van der Waals surface area contributed by atoms with E-state index in [1.807, 2.05) is 18.2 Å². The summed E-state index contributed by atoms with van der Waals surface area (Å²) in [6, 6.07) is 8.09. The maximum atomic E-state index is 5.32. The smallest absolute Gasteiger partial charge is 0.126 e. The number of methoxy groups -OCH3 is 1. The van der Waals surface area contributed by atoms with Gasteiger partial charge in [0.15, 0.2) is 0 Å². The first kappa shape index (κ1) is 11.9. The Labute approximate surface area is 103 Å². The number of allylic oxidation sites excluding steroid dienone is 1. The molecule has 1 heterocycles. The highest BCUT2D eigenvalue weighted by molar-refractivity contribution is 5.59. The number of benzene rings is 1. The van der Waals surface area contributed by atoms with Crippen LogP contribution in [-0.4, -0.2) is 32.1 Å². The van der Waals surface area contributed by atoms with Crippen LogP contribution < -0.4 is 4.74 Å². The van der Waals surface area contributed by atoms with Crippen LogP contribution in [0, 0.1) is 0 Å². The maximum absolute atomic E-state index is 5.32. The fourth-order valence-corrected chi connectivity index (χ4v) is 1.94. The fourth-order valence-electron chi connectivity index (χ4n) is 1.94. The number of ether oxygens (including phenoxy) is 1. The molecule has 2 rings (SSSR count). The van der Waals surface area contributed by atoms with Crippen LogP contribution >= 0.6 is 0 Å². The molecule has 0 fully saturated rings. The summed E-state index contributed by atoms with van der Waals surface area (Å²) in [4.78, 5) is 2.32. The van der Waals surface area contributed by atoms with E-state index in [9.17, 15) is 0 Å². The van der Waals surface area contributed by atoms with Gasteiger partial charge in [-0.1, -0.05) is 36.4 Å². The van der Waals surface area contributed by atoms with Gasteiger partial charge in [-0.3, -0.25) is 0 Å². The highest BCUT2D eigenvalue weighted by Crippen LogP contribution is 2.20. The number of likely N-dealkylation sites (N-methyl/N-ethyl adjacent to an activating group) is 1. The Morgan fingerprint density at radius 2 is 2.06 bits per heavy atom. The molecular formula is C15H19NO. The van der Waals surface area contributed by atoms with Gasteiger partial charge in [-0.25, -0.2) is 0 Å². The average Bonchev–Trinajstić information content (AvgIpc) is 2.38. The van der Waals surface area contributed by atoms with Crippen LogP contribution in [0.25, 0.3) is 6.08 Å². The van der Waals surface area contributed by atoms with E-state index in [-0.39, 0.29) is 0 Å². The highest BCUT2D eigenvalue weighted by atomic mass is 16.5. The van der Waals surface area contributed by atoms with E-state index in [1.54, 1.807) is 7.11 Å². The molecule has 0 saturated carbocycles. The average molecular weight is 229 g/mol. The number of hydrogen-bond donors (Lipinski definition) is 0. The summed E-state index contributed by atoms with van der Waals surface area (Å²) in [6.45, 7) is 2.19. The van der Waals surface area contributed by atoms with Crippen molar-refractivity contribution in [2.24, 2.45) is 0 Å². The first-order valence-electron chi connectivity index (χ1n) is 5.98. The zero-order chi connectivity index (χ0) is 12.1. The summed E-state index contributed by atoms with van der Waals surface area (Å²) in [5, 5.41) is 0. The Morgan fingerprint density at radius 3 is 2.76 bits per heavy atom. The van der Waals surface area contributed by atoms with Crippen molar-refractivity contribution in [2.45, 2.75) is 6.42 Å². The maximum Gasteiger partial charge on any atom is 0.126 e. The van der Waals surface area contributed by atoms with Gasteiger partial charge in [0.1, 0.15) is 5.75 Å². The summed E-state index contributed by atoms with van der Waals surface area (Å²) < 4.78 is 5.32. The molecule has 0 bridgehead atoms. The Hall–Kier alpha value is -1.54. The lowest BCUT2D eigenvalue weighted by Crippen LogP contribution is -2.23. The first-order valence-corrected chi connectivity index (χ1v) is 5.98. The van der Waals surface area contributed by atoms with Gasteiger partial charge in [0.25, 0.3) is 0 Å². The Kier molecular flexibility index (Phi) is 3.99. The van der Waals surface area contributed by atoms with Gasteiger partial charge in [-0.15, -0.1) is 0 Å². The molecule has 1 aromatic rings. The molecule has 0 atom stereocenters. The minimum Gasteiger partial charge on any atom is -0.496 e. The normalized spacial score (nSPS) is 17.2. The summed E-state index contributed by atoms with van der Waals surface area (Å²) in [7, 11) is 3.86. The number of rotatable bonds is 3. The predicted octanol–water partition coefficient (Wildman–Crippen LogP) is 2.97. The molecule has 17 heavy (non-hydrogen) atoms. The Balaban J connectivity index is 2.10. The Morgan fingerprint density at radius 1 is 1.24 bits per heavy atom. The zero-order valence-electron chi connectivity index (χ0n) is 10.5. The third kappa shape index (κ3) is 3.21. The molecule has 0 amide bonds. The lowest BCUT2D eigenvalue weighted by molar-refractivity contribution is 0.361. The van der Waals surface area contributed by atoms with E-state index in [0.717, 1.165) is 30.8 Å². The summed E-state index contributed by atoms with van der Waals surface area (Å²) in [5.74, 6) is 0.928. The van der Waals surface area contributed by atoms with Crippen LogP contribution in [0.15, 0.2) is 42.0 Å². The van der Waals surface area contributed by atoms with E-state index in [1.165, 1.54) is 5.57 Å². The molecular weight excluding hydrogens is 210 g/mol. The lowest BCUT2D eigenvalue weighted by Gasteiger charge is -2.20. The van der Waals surface area contributed by atoms with Crippen molar-refractivity contribution in [2.75, 3.05) is 27.2 Å². The molecule has 2 heteroatoms. The van der Waals surface area contributed by atoms with Crippen LogP contribution in [-0.2, 0) is 0 Å². The molecule has 0 unspecified atom stereocenters. The van der Waals surface area contributed by atoms with Crippen LogP contribution in [0.3, 0.4) is 0 Å². The van der Waals surface area contributed by atoms with E-state index in [4.69, 9.17) is 4.74 Å². The lowest BCUT2D eigenvalue weighted by atomic mass is 10.1. The minimum absolute atomic E-state index is 0.928. The van der Waals surface area contributed by atoms with E-state index in [0.29, 0.717) is 0 Å². The topological polar surface area (TPSA) is 12.5 Å². The van der Waals surface area contributed by atoms with Crippen LogP contribution in [0.2, 0.25) is 0 Å². The van der Waals surface area contributed by atoms with Crippen molar-refractivity contribution in [3.63, 3.8) is 0 Å². The van der Waals surface area contributed by atoms with Gasteiger partial charge in [0.2, 0.25) is 0 Å². The van der Waals surface area contributed by atoms with Crippen molar-refractivity contribution < 1.29 is 4.74 Å². The molecule has 1 aromatic carbocycles. The molecule has 0 saturated heterocycles. The molecule has 0 aromatic heterocycles. The molecule has 2 nitrogen and oxygen atoms in total. The van der Waals surface area contributed by atoms with Gasteiger partial charge in [0, 0.05) is 18.7 Å². The molecule has 0 radical (unpaired) electrons. The quantitative estimate of drug-likeness (QED) is 0.790. The van der Waals surface area contributed by atoms with Crippen molar-refractivity contribution in [1.82, 2.24) is 4.90 Å². The van der Waals surface area contributed by atoms with Crippen molar-refractivity contribution in [3.8, 4) is 5.75 Å². The van der Waals surface area contributed by atoms with Gasteiger partial charge in [-0.2, -0.15) is 0 Å². The van der Waals surface area contributed by atoms with Crippen molar-refractivity contribution in [3.05, 3.63) is 47.6 Å². The highest BCUT2D eigenvalue weighted by Gasteiger charge is 2.05. The summed E-state index contributed by atoms with van der Waals surface area (Å²) >= 11 is 0. The molecule has 90 valence electrons. The largest absolute Gasteiger partial charge is 0.496 e. The van der Waals surface area contributed by atoms with Gasteiger partial charge in [0.05, 0.1) is 7.11 Å². The van der Waals surface area contributed by atoms with Gasteiger partial charge < -0.3 is 9.64 Å². The summed E-state index contributed by atoms with van der Waals surface area (Å²) in [6.07, 6.45) is 7.75. The van der Waals surface area contributed by atoms with Crippen LogP contribution in [0.5, 0.6) is 5.75 Å². The second-order valence-corrected chi connectivity index (χ2v) is 4.37. The second kappa shape index (κ2) is 5.69. The number of nitrogens with zero attached hydrogens (tertiary/aromatic N) is 1.